The molecule has 0 aromatic heterocycles. The minimum Gasteiger partial charge on any atom is -0.769 e. The molecule has 0 saturated carbocycles. The summed E-state index contributed by atoms with van der Waals surface area (Å²) in [6, 6.07) is 0. The third-order valence-electron chi connectivity index (χ3n) is 5.42. The van der Waals surface area contributed by atoms with Crippen molar-refractivity contribution in [2.45, 2.75) is 224 Å². The molecule has 0 spiro atoms. The van der Waals surface area contributed by atoms with Gasteiger partial charge >= 0.3 is 37.2 Å². The SMILES string of the molecule is C.C.C.C.C.C.CC(C)(C)N.CC(C)=O.CC(O)C(C)(C)N.CC(O)C(C)(C)N=[N+]=[N-].CC1OC1(C)C.CC=C(C)C.CCOP(=O)(CC)OCC.[B].[B].[B].[B].[B].[B].[Na+].[O-]Cl. The van der Waals surface area contributed by atoms with Gasteiger partial charge in [0.1, 0.15) is 5.78 Å². The van der Waals surface area contributed by atoms with Gasteiger partial charge in [0.05, 0.1) is 42.7 Å². The molecule has 1 aliphatic rings. The number of aliphatic hydroxyl groups excluding tert-OH is 2. The van der Waals surface area contributed by atoms with E-state index in [1.807, 2.05) is 27.7 Å². The van der Waals surface area contributed by atoms with Crippen molar-refractivity contribution >= 4 is 75.7 Å². The predicted molar refractivity (Wildman–Crippen MR) is 277 cm³/mol. The number of carbonyl (C=O) groups excluding carboxylic acids is 1. The number of nitrogens with zero attached hydrogens (tertiary/aromatic N) is 3. The van der Waals surface area contributed by atoms with E-state index in [9.17, 15) is 9.36 Å². The molecule has 0 aromatic rings. The number of hydrogen-bond donors (Lipinski definition) is 4. The average Bonchev–Trinajstić information content (AvgIpc) is 3.47. The molecule has 22 heteroatoms. The summed E-state index contributed by atoms with van der Waals surface area (Å²) in [5.74, 6) is 0.167. The van der Waals surface area contributed by atoms with Gasteiger partial charge in [0.2, 0.25) is 0 Å². The quantitative estimate of drug-likeness (QED) is 0.0400. The Morgan fingerprint density at radius 3 is 1.07 bits per heavy atom. The van der Waals surface area contributed by atoms with Crippen molar-refractivity contribution in [3.63, 3.8) is 0 Å². The molecule has 6 N–H and O–H groups in total. The third-order valence-corrected chi connectivity index (χ3v) is 7.50. The summed E-state index contributed by atoms with van der Waals surface area (Å²) in [6.07, 6.45) is 2.01. The molecule has 61 heavy (non-hydrogen) atoms. The van der Waals surface area contributed by atoms with Crippen molar-refractivity contribution in [2.75, 3.05) is 19.4 Å². The summed E-state index contributed by atoms with van der Waals surface area (Å²) in [4.78, 5) is 12.0. The second kappa shape index (κ2) is 71.9. The Labute approximate surface area is 422 Å². The molecule has 0 aliphatic carbocycles. The van der Waals surface area contributed by atoms with Crippen LogP contribution < -0.4 is 45.7 Å². The van der Waals surface area contributed by atoms with Gasteiger partial charge < -0.3 is 44.9 Å². The topological polar surface area (TPSA) is 229 Å². The van der Waals surface area contributed by atoms with Gasteiger partial charge in [0.15, 0.2) is 0 Å². The summed E-state index contributed by atoms with van der Waals surface area (Å²) in [5, 5.41) is 21.1. The van der Waals surface area contributed by atoms with Crippen LogP contribution in [0.15, 0.2) is 16.8 Å². The van der Waals surface area contributed by atoms with E-state index in [2.05, 4.69) is 62.6 Å². The third kappa shape index (κ3) is 140. The van der Waals surface area contributed by atoms with Crippen molar-refractivity contribution in [2.24, 2.45) is 16.6 Å². The second-order valence-electron chi connectivity index (χ2n) is 13.8. The number of halogens is 1. The van der Waals surface area contributed by atoms with E-state index in [0.29, 0.717) is 25.5 Å². The number of aliphatic hydroxyl groups is 2. The Bertz CT molecular complexity index is 897. The number of allylic oxidation sites excluding steroid dienone is 2. The van der Waals surface area contributed by atoms with Crippen molar-refractivity contribution in [3.8, 4) is 0 Å². The van der Waals surface area contributed by atoms with Crippen LogP contribution in [0.1, 0.15) is 183 Å². The van der Waals surface area contributed by atoms with Crippen LogP contribution >= 0.6 is 19.5 Å². The number of Topliss-reactive ketones (excluding diaryl/α,β-unsaturated/α-hetero) is 1. The monoisotopic (exact) mass is 922 g/mol. The summed E-state index contributed by atoms with van der Waals surface area (Å²) in [6.45, 7) is 37.9. The fourth-order valence-electron chi connectivity index (χ4n) is 1.23. The molecule has 3 atom stereocenters. The van der Waals surface area contributed by atoms with Crippen LogP contribution in [-0.2, 0) is 23.1 Å². The molecule has 13 nitrogen and oxygen atoms in total. The molecule has 1 saturated heterocycles. The van der Waals surface area contributed by atoms with Crippen molar-refractivity contribution < 1.29 is 67.6 Å². The van der Waals surface area contributed by atoms with E-state index in [0.717, 1.165) is 0 Å². The fraction of sp³-hybridized carbons (Fsp3) is 0.923. The number of carbonyl (C=O) groups is 1. The predicted octanol–water partition coefficient (Wildman–Crippen LogP) is 6.36. The van der Waals surface area contributed by atoms with Crippen molar-refractivity contribution in [1.82, 2.24) is 0 Å². The van der Waals surface area contributed by atoms with Gasteiger partial charge in [-0.05, 0) is 123 Å². The summed E-state index contributed by atoms with van der Waals surface area (Å²) in [7, 11) is -2.70. The van der Waals surface area contributed by atoms with Gasteiger partial charge in [-0.2, -0.15) is 0 Å². The first-order valence-electron chi connectivity index (χ1n) is 16.0. The van der Waals surface area contributed by atoms with E-state index >= 15 is 0 Å². The van der Waals surface area contributed by atoms with Crippen LogP contribution in [-0.4, -0.2) is 126 Å². The Morgan fingerprint density at radius 2 is 1.02 bits per heavy atom. The van der Waals surface area contributed by atoms with Crippen LogP contribution in [0.5, 0.6) is 0 Å². The number of epoxide rings is 1. The van der Waals surface area contributed by atoms with Crippen molar-refractivity contribution in [3.05, 3.63) is 22.1 Å². The largest absolute Gasteiger partial charge is 1.00 e. The summed E-state index contributed by atoms with van der Waals surface area (Å²) < 4.78 is 34.1. The van der Waals surface area contributed by atoms with Crippen LogP contribution in [0.4, 0.5) is 0 Å². The van der Waals surface area contributed by atoms with Gasteiger partial charge in [0, 0.05) is 72.6 Å². The standard InChI is InChI=1S/C6H15O3P.C5H11N3O.C5H13NO.C5H10O.C5H10.C4H11N.C3H6O.6CH4.6B.ClO.Na/c1-4-8-10(7,6-3)9-5-2;1-4(9)5(2,3)7-8-6;1-4(7)5(2,3)6;1-4-5(2,3)6-4;1-4-5(2)3;1-4(2,3)5;1-3(2)4;;;;;;;;;;;;;1-2;/h4-6H2,1-3H3;4,9H,1-3H3;4,7H,6H2,1-3H3;4H,1-3H3;4H,1-3H3;5H2,1-3H3;1-2H3;6*1H4;;;;;;;;/q;;;;;;;;;;;;;;;;;;;-1;+1. The maximum atomic E-state index is 11.3. The minimum absolute atomic E-state index is 0. The second-order valence-corrected chi connectivity index (χ2v) is 16.2. The van der Waals surface area contributed by atoms with E-state index in [4.69, 9.17) is 45.7 Å². The molecule has 360 valence electrons. The van der Waals surface area contributed by atoms with Gasteiger partial charge in [-0.3, -0.25) is 4.57 Å². The molecule has 0 amide bonds. The number of rotatable bonds is 8. The number of hydrogen-bond acceptors (Lipinski definition) is 11. The van der Waals surface area contributed by atoms with Gasteiger partial charge in [0.25, 0.3) is 0 Å². The van der Waals surface area contributed by atoms with E-state index in [-0.39, 0.29) is 142 Å². The Morgan fingerprint density at radius 1 is 0.836 bits per heavy atom. The number of ketones is 1. The normalized spacial score (nSPS) is 11.9. The summed E-state index contributed by atoms with van der Waals surface area (Å²) >= 11 is 3.39. The zero-order valence-electron chi connectivity index (χ0n) is 38.6. The van der Waals surface area contributed by atoms with Gasteiger partial charge in [-0.1, -0.05) is 82.1 Å². The first kappa shape index (κ1) is 131. The van der Waals surface area contributed by atoms with E-state index in [1.165, 1.54) is 19.4 Å². The molecule has 1 fully saturated rings. The smallest absolute Gasteiger partial charge is 0.769 e. The minimum atomic E-state index is -2.70. The maximum absolute atomic E-state index is 11.3. The average molecular weight is 922 g/mol. The Kier molecular flexibility index (Phi) is 154. The fourth-order valence-corrected chi connectivity index (χ4v) is 2.46. The van der Waals surface area contributed by atoms with Crippen LogP contribution in [0, 0.1) is 0 Å². The van der Waals surface area contributed by atoms with E-state index in [1.54, 1.807) is 62.3 Å². The molecule has 1 rings (SSSR count). The van der Waals surface area contributed by atoms with E-state index < -0.39 is 30.9 Å². The number of azide groups is 1. The molecule has 0 aromatic carbocycles. The molecule has 18 radical (unpaired) electrons. The van der Waals surface area contributed by atoms with Crippen LogP contribution in [0.3, 0.4) is 0 Å². The number of nitrogens with two attached hydrogens (primary N) is 2. The van der Waals surface area contributed by atoms with Crippen LogP contribution in [0.2, 0.25) is 0 Å². The van der Waals surface area contributed by atoms with Crippen molar-refractivity contribution in [1.29, 1.82) is 0 Å². The zero-order chi connectivity index (χ0) is 40.8. The first-order valence-corrected chi connectivity index (χ1v) is 18.1. The zero-order valence-corrected chi connectivity index (χ0v) is 42.2. The Balaban J connectivity index is -0.0000000174. The van der Waals surface area contributed by atoms with Gasteiger partial charge in [-0.15, -0.1) is 0 Å². The molecule has 1 heterocycles. The van der Waals surface area contributed by atoms with Gasteiger partial charge in [-0.25, -0.2) is 11.9 Å². The molecular weight excluding hydrogens is 821 g/mol. The van der Waals surface area contributed by atoms with Crippen LogP contribution in [0.25, 0.3) is 10.4 Å². The number of ether oxygens (including phenoxy) is 1. The molecular formula is C39H100B6ClN5NaO8P. The molecule has 0 bridgehead atoms. The molecule has 3 unspecified atom stereocenters. The Hall–Kier alpha value is 0.310. The first-order chi connectivity index (χ1) is 21.3. The molecule has 1 aliphatic heterocycles. The maximum Gasteiger partial charge on any atom is 1.00 e. The summed E-state index contributed by atoms with van der Waals surface area (Å²) in [5.41, 5.74) is 19.2.